The Balaban J connectivity index is 1.60. The molecule has 16 heavy (non-hydrogen) atoms. The second-order valence-electron chi connectivity index (χ2n) is 5.26. The van der Waals surface area contributed by atoms with E-state index in [0.29, 0.717) is 6.61 Å². The van der Waals surface area contributed by atoms with Crippen molar-refractivity contribution in [3.05, 3.63) is 12.2 Å². The van der Waals surface area contributed by atoms with E-state index >= 15 is 0 Å². The van der Waals surface area contributed by atoms with E-state index in [1.165, 1.54) is 19.3 Å². The lowest BCUT2D eigenvalue weighted by Gasteiger charge is -2.20. The maximum absolute atomic E-state index is 5.74. The van der Waals surface area contributed by atoms with Gasteiger partial charge in [0.15, 0.2) is 5.79 Å². The minimum absolute atomic E-state index is 0.217. The first-order chi connectivity index (χ1) is 7.66. The lowest BCUT2D eigenvalue weighted by Crippen LogP contribution is -2.33. The van der Waals surface area contributed by atoms with Crippen LogP contribution in [0.1, 0.15) is 33.1 Å². The van der Waals surface area contributed by atoms with E-state index in [1.54, 1.807) is 0 Å². The second kappa shape index (κ2) is 5.30. The normalized spacial score (nSPS) is 33.1. The molecular weight excluding hydrogens is 202 g/mol. The number of rotatable bonds is 4. The van der Waals surface area contributed by atoms with E-state index < -0.39 is 0 Å². The van der Waals surface area contributed by atoms with Gasteiger partial charge in [-0.15, -0.1) is 0 Å². The number of hydrogen-bond donors (Lipinski definition) is 1. The highest BCUT2D eigenvalue weighted by Crippen LogP contribution is 2.22. The molecule has 2 aliphatic rings. The molecule has 0 aromatic carbocycles. The third-order valence-electron chi connectivity index (χ3n) is 3.25. The number of ether oxygens (including phenoxy) is 2. The van der Waals surface area contributed by atoms with Crippen molar-refractivity contribution in [2.24, 2.45) is 5.92 Å². The Morgan fingerprint density at radius 1 is 1.31 bits per heavy atom. The molecule has 1 N–H and O–H groups in total. The van der Waals surface area contributed by atoms with Gasteiger partial charge in [0.2, 0.25) is 0 Å². The Morgan fingerprint density at radius 3 is 2.81 bits per heavy atom. The number of nitrogens with one attached hydrogen (secondary N) is 1. The van der Waals surface area contributed by atoms with Gasteiger partial charge in [-0.25, -0.2) is 0 Å². The van der Waals surface area contributed by atoms with Crippen molar-refractivity contribution in [1.29, 1.82) is 0 Å². The fraction of sp³-hybridized carbons (Fsp3) is 0.846. The van der Waals surface area contributed by atoms with E-state index in [2.05, 4.69) is 17.5 Å². The Hall–Kier alpha value is -0.380. The van der Waals surface area contributed by atoms with Gasteiger partial charge in [-0.1, -0.05) is 12.2 Å². The summed E-state index contributed by atoms with van der Waals surface area (Å²) >= 11 is 0. The highest BCUT2D eigenvalue weighted by atomic mass is 16.7. The second-order valence-corrected chi connectivity index (χ2v) is 5.26. The molecule has 92 valence electrons. The van der Waals surface area contributed by atoms with Crippen LogP contribution in [0, 0.1) is 5.92 Å². The molecule has 2 atom stereocenters. The van der Waals surface area contributed by atoms with Gasteiger partial charge in [-0.3, -0.25) is 0 Å². The molecule has 3 nitrogen and oxygen atoms in total. The first kappa shape index (κ1) is 12.1. The van der Waals surface area contributed by atoms with Crippen LogP contribution in [0.4, 0.5) is 0 Å². The summed E-state index contributed by atoms with van der Waals surface area (Å²) < 4.78 is 11.3. The fourth-order valence-corrected chi connectivity index (χ4v) is 2.35. The Kier molecular flexibility index (Phi) is 4.00. The maximum atomic E-state index is 5.74. The minimum atomic E-state index is -0.389. The fourth-order valence-electron chi connectivity index (χ4n) is 2.35. The average molecular weight is 225 g/mol. The molecule has 0 radical (unpaired) electrons. The molecule has 0 aromatic rings. The highest BCUT2D eigenvalue weighted by Gasteiger charge is 2.32. The zero-order valence-electron chi connectivity index (χ0n) is 10.4. The smallest absolute Gasteiger partial charge is 0.163 e. The van der Waals surface area contributed by atoms with Crippen molar-refractivity contribution < 1.29 is 9.47 Å². The van der Waals surface area contributed by atoms with Crippen molar-refractivity contribution in [2.75, 3.05) is 19.7 Å². The molecule has 0 amide bonds. The van der Waals surface area contributed by atoms with Crippen molar-refractivity contribution in [3.63, 3.8) is 0 Å². The summed E-state index contributed by atoms with van der Waals surface area (Å²) in [6, 6.07) is 0. The van der Waals surface area contributed by atoms with E-state index in [4.69, 9.17) is 9.47 Å². The quantitative estimate of drug-likeness (QED) is 0.743. The predicted octanol–water partition coefficient (Wildman–Crippen LogP) is 2.08. The Morgan fingerprint density at radius 2 is 2.19 bits per heavy atom. The summed E-state index contributed by atoms with van der Waals surface area (Å²) in [7, 11) is 0. The van der Waals surface area contributed by atoms with E-state index in [1.807, 2.05) is 13.8 Å². The zero-order chi connectivity index (χ0) is 11.4. The summed E-state index contributed by atoms with van der Waals surface area (Å²) in [5.41, 5.74) is 0. The molecule has 0 spiro atoms. The maximum Gasteiger partial charge on any atom is 0.163 e. The molecule has 1 fully saturated rings. The minimum Gasteiger partial charge on any atom is -0.348 e. The highest BCUT2D eigenvalue weighted by molar-refractivity contribution is 4.90. The van der Waals surface area contributed by atoms with E-state index in [-0.39, 0.29) is 11.9 Å². The van der Waals surface area contributed by atoms with Crippen LogP contribution in [0.15, 0.2) is 12.2 Å². The summed E-state index contributed by atoms with van der Waals surface area (Å²) in [6.45, 7) is 6.66. The van der Waals surface area contributed by atoms with Crippen LogP contribution in [0.2, 0.25) is 0 Å². The average Bonchev–Trinajstić information content (AvgIpc) is 2.60. The van der Waals surface area contributed by atoms with Gasteiger partial charge in [0, 0.05) is 6.54 Å². The molecule has 2 rings (SSSR count). The van der Waals surface area contributed by atoms with Crippen LogP contribution in [0.3, 0.4) is 0 Å². The molecule has 3 heteroatoms. The topological polar surface area (TPSA) is 30.5 Å². The lowest BCUT2D eigenvalue weighted by atomic mass is 9.94. The lowest BCUT2D eigenvalue weighted by molar-refractivity contribution is -0.137. The zero-order valence-corrected chi connectivity index (χ0v) is 10.4. The van der Waals surface area contributed by atoms with Crippen LogP contribution in [0.25, 0.3) is 0 Å². The van der Waals surface area contributed by atoms with Crippen molar-refractivity contribution in [3.8, 4) is 0 Å². The number of allylic oxidation sites excluding steroid dienone is 2. The molecule has 1 aliphatic carbocycles. The third-order valence-corrected chi connectivity index (χ3v) is 3.25. The van der Waals surface area contributed by atoms with Gasteiger partial charge >= 0.3 is 0 Å². The Bertz CT molecular complexity index is 250. The standard InChI is InChI=1S/C13H23NO2/c1-13(2)15-10-12(16-13)9-14-8-11-6-4-3-5-7-11/h3-4,11-12,14H,5-10H2,1-2H3. The predicted molar refractivity (Wildman–Crippen MR) is 64.3 cm³/mol. The molecule has 0 aromatic heterocycles. The SMILES string of the molecule is CC1(C)OCC(CNCC2CC=CCC2)O1. The van der Waals surface area contributed by atoms with Crippen molar-refractivity contribution in [1.82, 2.24) is 5.32 Å². The van der Waals surface area contributed by atoms with Gasteiger partial charge in [0.1, 0.15) is 0 Å². The van der Waals surface area contributed by atoms with Gasteiger partial charge < -0.3 is 14.8 Å². The first-order valence-corrected chi connectivity index (χ1v) is 6.33. The molecule has 0 saturated carbocycles. The molecule has 1 saturated heterocycles. The Labute approximate surface area is 98.2 Å². The molecule has 2 unspecified atom stereocenters. The van der Waals surface area contributed by atoms with Crippen LogP contribution < -0.4 is 5.32 Å². The van der Waals surface area contributed by atoms with Gasteiger partial charge in [0.05, 0.1) is 12.7 Å². The van der Waals surface area contributed by atoms with Gasteiger partial charge in [-0.05, 0) is 45.6 Å². The molecular formula is C13H23NO2. The van der Waals surface area contributed by atoms with Crippen LogP contribution in [0.5, 0.6) is 0 Å². The molecule has 1 aliphatic heterocycles. The largest absolute Gasteiger partial charge is 0.348 e. The first-order valence-electron chi connectivity index (χ1n) is 6.33. The molecule has 1 heterocycles. The monoisotopic (exact) mass is 225 g/mol. The van der Waals surface area contributed by atoms with Crippen LogP contribution in [-0.4, -0.2) is 31.6 Å². The van der Waals surface area contributed by atoms with E-state index in [9.17, 15) is 0 Å². The summed E-state index contributed by atoms with van der Waals surface area (Å²) in [6.07, 6.45) is 8.58. The summed E-state index contributed by atoms with van der Waals surface area (Å²) in [5, 5.41) is 3.50. The van der Waals surface area contributed by atoms with E-state index in [0.717, 1.165) is 19.0 Å². The van der Waals surface area contributed by atoms with Crippen LogP contribution in [-0.2, 0) is 9.47 Å². The van der Waals surface area contributed by atoms with Gasteiger partial charge in [-0.2, -0.15) is 0 Å². The third kappa shape index (κ3) is 3.58. The van der Waals surface area contributed by atoms with Crippen molar-refractivity contribution in [2.45, 2.75) is 45.0 Å². The van der Waals surface area contributed by atoms with Crippen LogP contribution >= 0.6 is 0 Å². The summed E-state index contributed by atoms with van der Waals surface area (Å²) in [4.78, 5) is 0. The number of hydrogen-bond acceptors (Lipinski definition) is 3. The summed E-state index contributed by atoms with van der Waals surface area (Å²) in [5.74, 6) is 0.417. The van der Waals surface area contributed by atoms with Crippen molar-refractivity contribution >= 4 is 0 Å². The van der Waals surface area contributed by atoms with Gasteiger partial charge in [0.25, 0.3) is 0 Å². The molecule has 0 bridgehead atoms.